The number of carboxylic acids is 1. The normalized spacial score (nSPS) is 11.2. The fourth-order valence-electron chi connectivity index (χ4n) is 3.06. The lowest BCUT2D eigenvalue weighted by Crippen LogP contribution is -2.07. The van der Waals surface area contributed by atoms with E-state index >= 15 is 0 Å². The van der Waals surface area contributed by atoms with Crippen molar-refractivity contribution < 1.29 is 15.0 Å². The van der Waals surface area contributed by atoms with Gasteiger partial charge in [-0.1, -0.05) is 13.3 Å². The number of hydrogen-bond donors (Lipinski definition) is 2. The maximum Gasteiger partial charge on any atom is 0.337 e. The predicted molar refractivity (Wildman–Crippen MR) is 84.1 cm³/mol. The molecule has 4 heteroatoms. The average Bonchev–Trinajstić information content (AvgIpc) is 2.69. The molecule has 21 heavy (non-hydrogen) atoms. The number of aliphatic hydroxyl groups excluding tert-OH is 1. The van der Waals surface area contributed by atoms with Crippen LogP contribution in [0.25, 0.3) is 10.9 Å². The molecule has 2 aromatic rings. The first-order valence-corrected chi connectivity index (χ1v) is 7.47. The first-order chi connectivity index (χ1) is 10.0. The van der Waals surface area contributed by atoms with Crippen molar-refractivity contribution in [2.75, 3.05) is 6.61 Å². The number of aryl methyl sites for hydroxylation is 3. The van der Waals surface area contributed by atoms with Gasteiger partial charge in [-0.15, -0.1) is 0 Å². The monoisotopic (exact) mass is 289 g/mol. The molecular formula is C17H23NO3. The number of benzene rings is 1. The van der Waals surface area contributed by atoms with Gasteiger partial charge in [0.2, 0.25) is 0 Å². The lowest BCUT2D eigenvalue weighted by molar-refractivity contribution is 0.0698. The summed E-state index contributed by atoms with van der Waals surface area (Å²) in [6.45, 7) is 6.86. The highest BCUT2D eigenvalue weighted by Crippen LogP contribution is 2.31. The van der Waals surface area contributed by atoms with Crippen LogP contribution in [-0.2, 0) is 13.0 Å². The smallest absolute Gasteiger partial charge is 0.337 e. The highest BCUT2D eigenvalue weighted by molar-refractivity contribution is 6.04. The molecule has 1 aromatic heterocycles. The lowest BCUT2D eigenvalue weighted by Gasteiger charge is -2.09. The third kappa shape index (κ3) is 2.81. The van der Waals surface area contributed by atoms with E-state index in [1.54, 1.807) is 6.07 Å². The summed E-state index contributed by atoms with van der Waals surface area (Å²) in [5.41, 5.74) is 4.47. The molecule has 0 spiro atoms. The Kier molecular flexibility index (Phi) is 4.68. The summed E-state index contributed by atoms with van der Waals surface area (Å²) >= 11 is 0. The van der Waals surface area contributed by atoms with Gasteiger partial charge in [-0.25, -0.2) is 4.79 Å². The van der Waals surface area contributed by atoms with Gasteiger partial charge < -0.3 is 14.8 Å². The van der Waals surface area contributed by atoms with Crippen LogP contribution < -0.4 is 0 Å². The third-order valence-electron chi connectivity index (χ3n) is 3.96. The molecule has 114 valence electrons. The molecule has 4 nitrogen and oxygen atoms in total. The minimum absolute atomic E-state index is 0.108. The lowest BCUT2D eigenvalue weighted by atomic mass is 10.0. The highest BCUT2D eigenvalue weighted by atomic mass is 16.4. The Labute approximate surface area is 125 Å². The molecule has 0 amide bonds. The molecule has 0 aliphatic heterocycles. The van der Waals surface area contributed by atoms with Gasteiger partial charge >= 0.3 is 5.97 Å². The standard InChI is InChI=1S/C17H23NO3/c1-4-6-13-12(3)18(7-5-8-19)16-14(13)9-11(2)10-15(16)17(20)21/h9-10,19H,4-8H2,1-3H3,(H,20,21). The molecule has 0 atom stereocenters. The summed E-state index contributed by atoms with van der Waals surface area (Å²) in [6, 6.07) is 3.81. The second kappa shape index (κ2) is 6.31. The number of carbonyl (C=O) groups is 1. The van der Waals surface area contributed by atoms with Crippen LogP contribution in [0, 0.1) is 13.8 Å². The molecule has 1 heterocycles. The molecule has 2 rings (SSSR count). The van der Waals surface area contributed by atoms with Crippen LogP contribution in [0.2, 0.25) is 0 Å². The largest absolute Gasteiger partial charge is 0.478 e. The van der Waals surface area contributed by atoms with Gasteiger partial charge in [-0.05, 0) is 49.9 Å². The van der Waals surface area contributed by atoms with E-state index in [2.05, 4.69) is 17.6 Å². The number of hydrogen-bond acceptors (Lipinski definition) is 2. The Bertz CT molecular complexity index is 670. The zero-order valence-electron chi connectivity index (χ0n) is 12.9. The predicted octanol–water partition coefficient (Wildman–Crippen LogP) is 3.29. The highest BCUT2D eigenvalue weighted by Gasteiger charge is 2.19. The van der Waals surface area contributed by atoms with Gasteiger partial charge in [0.05, 0.1) is 11.1 Å². The van der Waals surface area contributed by atoms with Crippen molar-refractivity contribution in [2.24, 2.45) is 0 Å². The molecule has 0 saturated heterocycles. The average molecular weight is 289 g/mol. The van der Waals surface area contributed by atoms with Crippen molar-refractivity contribution in [3.8, 4) is 0 Å². The molecule has 1 aromatic carbocycles. The van der Waals surface area contributed by atoms with Crippen molar-refractivity contribution in [1.82, 2.24) is 4.57 Å². The third-order valence-corrected chi connectivity index (χ3v) is 3.96. The van der Waals surface area contributed by atoms with E-state index in [0.717, 1.165) is 35.0 Å². The van der Waals surface area contributed by atoms with Crippen LogP contribution >= 0.6 is 0 Å². The van der Waals surface area contributed by atoms with Gasteiger partial charge in [-0.2, -0.15) is 0 Å². The van der Waals surface area contributed by atoms with Crippen LogP contribution in [0.3, 0.4) is 0 Å². The van der Waals surface area contributed by atoms with Crippen LogP contribution in [0.5, 0.6) is 0 Å². The van der Waals surface area contributed by atoms with Crippen LogP contribution in [0.1, 0.15) is 46.9 Å². The van der Waals surface area contributed by atoms with Crippen molar-refractivity contribution in [1.29, 1.82) is 0 Å². The Morgan fingerprint density at radius 1 is 1.29 bits per heavy atom. The Morgan fingerprint density at radius 2 is 2.00 bits per heavy atom. The molecule has 0 unspecified atom stereocenters. The van der Waals surface area contributed by atoms with Gasteiger partial charge in [-0.3, -0.25) is 0 Å². The number of carboxylic acid groups (broad SMARTS) is 1. The van der Waals surface area contributed by atoms with Crippen molar-refractivity contribution in [2.45, 2.75) is 46.6 Å². The number of rotatable bonds is 6. The fourth-order valence-corrected chi connectivity index (χ4v) is 3.06. The second-order valence-corrected chi connectivity index (χ2v) is 5.56. The van der Waals surface area contributed by atoms with E-state index in [1.165, 1.54) is 5.56 Å². The van der Waals surface area contributed by atoms with E-state index in [0.29, 0.717) is 18.5 Å². The molecule has 0 fully saturated rings. The van der Waals surface area contributed by atoms with Gasteiger partial charge in [0.1, 0.15) is 0 Å². The SMILES string of the molecule is CCCc1c(C)n(CCCO)c2c(C(=O)O)cc(C)cc12. The van der Waals surface area contributed by atoms with Gasteiger partial charge in [0.15, 0.2) is 0 Å². The van der Waals surface area contributed by atoms with E-state index in [-0.39, 0.29) is 6.61 Å². The molecule has 0 saturated carbocycles. The summed E-state index contributed by atoms with van der Waals surface area (Å²) in [5, 5.41) is 19.7. The number of aromatic nitrogens is 1. The van der Waals surface area contributed by atoms with Crippen LogP contribution in [-0.4, -0.2) is 27.4 Å². The summed E-state index contributed by atoms with van der Waals surface area (Å²) in [6.07, 6.45) is 2.59. The van der Waals surface area contributed by atoms with Gasteiger partial charge in [0.25, 0.3) is 0 Å². The first-order valence-electron chi connectivity index (χ1n) is 7.47. The summed E-state index contributed by atoms with van der Waals surface area (Å²) in [5.74, 6) is -0.894. The summed E-state index contributed by atoms with van der Waals surface area (Å²) in [4.78, 5) is 11.6. The fraction of sp³-hybridized carbons (Fsp3) is 0.471. The van der Waals surface area contributed by atoms with Crippen molar-refractivity contribution >= 4 is 16.9 Å². The quantitative estimate of drug-likeness (QED) is 0.857. The molecule has 0 aliphatic rings. The number of nitrogens with zero attached hydrogens (tertiary/aromatic N) is 1. The maximum atomic E-state index is 11.6. The van der Waals surface area contributed by atoms with Crippen molar-refractivity contribution in [3.63, 3.8) is 0 Å². The molecule has 0 radical (unpaired) electrons. The number of fused-ring (bicyclic) bond motifs is 1. The Balaban J connectivity index is 2.80. The minimum Gasteiger partial charge on any atom is -0.478 e. The Morgan fingerprint density at radius 3 is 2.57 bits per heavy atom. The van der Waals surface area contributed by atoms with E-state index < -0.39 is 5.97 Å². The molecule has 2 N–H and O–H groups in total. The van der Waals surface area contributed by atoms with E-state index in [1.807, 2.05) is 13.8 Å². The zero-order valence-corrected chi connectivity index (χ0v) is 12.9. The van der Waals surface area contributed by atoms with Crippen LogP contribution in [0.15, 0.2) is 12.1 Å². The molecule has 0 bridgehead atoms. The second-order valence-electron chi connectivity index (χ2n) is 5.56. The first kappa shape index (κ1) is 15.6. The van der Waals surface area contributed by atoms with E-state index in [9.17, 15) is 9.90 Å². The van der Waals surface area contributed by atoms with E-state index in [4.69, 9.17) is 5.11 Å². The maximum absolute atomic E-state index is 11.6. The molecular weight excluding hydrogens is 266 g/mol. The van der Waals surface area contributed by atoms with Crippen molar-refractivity contribution in [3.05, 3.63) is 34.5 Å². The topological polar surface area (TPSA) is 62.5 Å². The van der Waals surface area contributed by atoms with Gasteiger partial charge in [0, 0.05) is 24.2 Å². The summed E-state index contributed by atoms with van der Waals surface area (Å²) in [7, 11) is 0. The zero-order chi connectivity index (χ0) is 15.6. The Hall–Kier alpha value is -1.81. The number of aromatic carboxylic acids is 1. The summed E-state index contributed by atoms with van der Waals surface area (Å²) < 4.78 is 2.06. The number of aliphatic hydroxyl groups is 1. The molecule has 0 aliphatic carbocycles. The minimum atomic E-state index is -0.894. The van der Waals surface area contributed by atoms with Crippen LogP contribution in [0.4, 0.5) is 0 Å².